The van der Waals surface area contributed by atoms with Crippen molar-refractivity contribution in [2.45, 2.75) is 0 Å². The Morgan fingerprint density at radius 2 is 1.33 bits per heavy atom. The first kappa shape index (κ1) is 11.1. The molecule has 0 saturated heterocycles. The van der Waals surface area contributed by atoms with Crippen LogP contribution in [0.4, 0.5) is 4.39 Å². The van der Waals surface area contributed by atoms with Crippen LogP contribution in [0.25, 0.3) is 21.0 Å². The number of benzene rings is 2. The van der Waals surface area contributed by atoms with E-state index in [4.69, 9.17) is 0 Å². The molecule has 0 N–H and O–H groups in total. The normalized spacial score (nSPS) is 10.5. The van der Waals surface area contributed by atoms with Crippen molar-refractivity contribution in [3.63, 3.8) is 0 Å². The van der Waals surface area contributed by atoms with E-state index >= 15 is 0 Å². The highest BCUT2D eigenvalue weighted by atomic mass is 32.1. The van der Waals surface area contributed by atoms with Crippen LogP contribution >= 0.6 is 11.3 Å². The van der Waals surface area contributed by atoms with Crippen molar-refractivity contribution in [3.05, 3.63) is 66.6 Å². The van der Waals surface area contributed by atoms with Crippen LogP contribution in [0, 0.1) is 5.95 Å². The maximum absolute atomic E-state index is 13.9. The van der Waals surface area contributed by atoms with Gasteiger partial charge in [0.2, 0.25) is 5.95 Å². The van der Waals surface area contributed by atoms with Crippen molar-refractivity contribution >= 4 is 11.3 Å². The molecule has 0 radical (unpaired) electrons. The summed E-state index contributed by atoms with van der Waals surface area (Å²) in [6.07, 6.45) is 0. The van der Waals surface area contributed by atoms with Crippen LogP contribution in [0.1, 0.15) is 0 Å². The van der Waals surface area contributed by atoms with Crippen LogP contribution in [-0.4, -0.2) is 4.98 Å². The Morgan fingerprint density at radius 3 is 1.94 bits per heavy atom. The van der Waals surface area contributed by atoms with Gasteiger partial charge in [-0.05, 0) is 5.56 Å². The quantitative estimate of drug-likeness (QED) is 0.651. The predicted octanol–water partition coefficient (Wildman–Crippen LogP) is 4.62. The molecule has 0 unspecified atom stereocenters. The molecule has 3 rings (SSSR count). The summed E-state index contributed by atoms with van der Waals surface area (Å²) in [6, 6.07) is 19.2. The van der Waals surface area contributed by atoms with Crippen LogP contribution in [-0.2, 0) is 0 Å². The van der Waals surface area contributed by atoms with E-state index in [1.165, 1.54) is 11.3 Å². The van der Waals surface area contributed by atoms with Gasteiger partial charge in [-0.2, -0.15) is 4.39 Å². The lowest BCUT2D eigenvalue weighted by Crippen LogP contribution is -1.78. The van der Waals surface area contributed by atoms with E-state index in [1.54, 1.807) is 0 Å². The van der Waals surface area contributed by atoms with Gasteiger partial charge in [-0.25, -0.2) is 4.98 Å². The summed E-state index contributed by atoms with van der Waals surface area (Å²) in [4.78, 5) is 4.60. The van der Waals surface area contributed by atoms with Gasteiger partial charge in [0.1, 0.15) is 5.01 Å². The second-order valence-electron chi connectivity index (χ2n) is 3.87. The van der Waals surface area contributed by atoms with Crippen molar-refractivity contribution in [2.75, 3.05) is 0 Å². The lowest BCUT2D eigenvalue weighted by Gasteiger charge is -1.95. The Kier molecular flexibility index (Phi) is 2.90. The molecule has 0 spiro atoms. The lowest BCUT2D eigenvalue weighted by atomic mass is 10.2. The predicted molar refractivity (Wildman–Crippen MR) is 72.9 cm³/mol. The van der Waals surface area contributed by atoms with Gasteiger partial charge in [-0.3, -0.25) is 0 Å². The van der Waals surface area contributed by atoms with Crippen LogP contribution in [0.3, 0.4) is 0 Å². The topological polar surface area (TPSA) is 12.9 Å². The number of aromatic nitrogens is 1. The highest BCUT2D eigenvalue weighted by molar-refractivity contribution is 7.18. The number of nitrogens with zero attached hydrogens (tertiary/aromatic N) is 1. The molecule has 0 amide bonds. The fourth-order valence-corrected chi connectivity index (χ4v) is 2.73. The second-order valence-corrected chi connectivity index (χ2v) is 4.87. The van der Waals surface area contributed by atoms with Gasteiger partial charge in [0.15, 0.2) is 0 Å². The second kappa shape index (κ2) is 4.70. The molecular weight excluding hydrogens is 245 g/mol. The maximum Gasteiger partial charge on any atom is 0.232 e. The van der Waals surface area contributed by atoms with Crippen molar-refractivity contribution in [2.24, 2.45) is 0 Å². The molecule has 0 atom stereocenters. The summed E-state index contributed by atoms with van der Waals surface area (Å²) in [6.45, 7) is 0. The largest absolute Gasteiger partial charge is 0.232 e. The molecule has 18 heavy (non-hydrogen) atoms. The third-order valence-corrected chi connectivity index (χ3v) is 3.77. The molecule has 0 aliphatic carbocycles. The highest BCUT2D eigenvalue weighted by Crippen LogP contribution is 2.34. The van der Waals surface area contributed by atoms with Gasteiger partial charge in [0, 0.05) is 5.56 Å². The molecule has 1 heterocycles. The first-order chi connectivity index (χ1) is 8.84. The summed E-state index contributed by atoms with van der Waals surface area (Å²) >= 11 is 1.38. The van der Waals surface area contributed by atoms with Gasteiger partial charge in [0.05, 0.1) is 4.88 Å². The fourth-order valence-electron chi connectivity index (χ4n) is 1.77. The molecule has 3 heteroatoms. The molecule has 88 valence electrons. The lowest BCUT2D eigenvalue weighted by molar-refractivity contribution is 0.596. The molecule has 0 aliphatic rings. The third kappa shape index (κ3) is 2.05. The third-order valence-electron chi connectivity index (χ3n) is 2.64. The van der Waals surface area contributed by atoms with Crippen LogP contribution < -0.4 is 0 Å². The summed E-state index contributed by atoms with van der Waals surface area (Å²) in [5.41, 5.74) is 1.82. The summed E-state index contributed by atoms with van der Waals surface area (Å²) in [5, 5.41) is 0.715. The number of hydrogen-bond donors (Lipinski definition) is 0. The highest BCUT2D eigenvalue weighted by Gasteiger charge is 2.13. The molecular formula is C15H10FNS. The monoisotopic (exact) mass is 255 g/mol. The van der Waals surface area contributed by atoms with Crippen molar-refractivity contribution in [1.29, 1.82) is 0 Å². The standard InChI is InChI=1S/C15H10FNS/c16-14-13(11-7-3-1-4-8-11)18-15(17-14)12-9-5-2-6-10-12/h1-10H. The van der Waals surface area contributed by atoms with Crippen LogP contribution in [0.15, 0.2) is 60.7 Å². The SMILES string of the molecule is Fc1nc(-c2ccccc2)sc1-c1ccccc1. The van der Waals surface area contributed by atoms with Gasteiger partial charge in [0.25, 0.3) is 0 Å². The summed E-state index contributed by atoms with van der Waals surface area (Å²) in [7, 11) is 0. The van der Waals surface area contributed by atoms with Crippen LogP contribution in [0.5, 0.6) is 0 Å². The molecule has 0 aliphatic heterocycles. The smallest absolute Gasteiger partial charge is 0.207 e. The van der Waals surface area contributed by atoms with E-state index in [0.29, 0.717) is 9.88 Å². The Bertz CT molecular complexity index is 647. The van der Waals surface area contributed by atoms with Crippen molar-refractivity contribution < 1.29 is 4.39 Å². The van der Waals surface area contributed by atoms with E-state index in [0.717, 1.165) is 11.1 Å². The number of halogens is 1. The van der Waals surface area contributed by atoms with Crippen molar-refractivity contribution in [3.8, 4) is 21.0 Å². The molecule has 2 aromatic carbocycles. The minimum absolute atomic E-state index is 0.398. The minimum atomic E-state index is -0.398. The molecule has 0 bridgehead atoms. The van der Waals surface area contributed by atoms with E-state index in [9.17, 15) is 4.39 Å². The Labute approximate surface area is 109 Å². The fraction of sp³-hybridized carbons (Fsp3) is 0. The number of rotatable bonds is 2. The average molecular weight is 255 g/mol. The molecule has 3 aromatic rings. The zero-order valence-electron chi connectivity index (χ0n) is 9.51. The molecule has 1 nitrogen and oxygen atoms in total. The summed E-state index contributed by atoms with van der Waals surface area (Å²) in [5.74, 6) is -0.398. The molecule has 1 aromatic heterocycles. The Hall–Kier alpha value is -2.00. The maximum atomic E-state index is 13.9. The molecule has 0 fully saturated rings. The van der Waals surface area contributed by atoms with Gasteiger partial charge in [-0.1, -0.05) is 60.7 Å². The van der Waals surface area contributed by atoms with Gasteiger partial charge < -0.3 is 0 Å². The van der Waals surface area contributed by atoms with Gasteiger partial charge in [-0.15, -0.1) is 11.3 Å². The van der Waals surface area contributed by atoms with Gasteiger partial charge >= 0.3 is 0 Å². The number of hydrogen-bond acceptors (Lipinski definition) is 2. The first-order valence-corrected chi connectivity index (χ1v) is 6.43. The first-order valence-electron chi connectivity index (χ1n) is 5.62. The Balaban J connectivity index is 2.07. The summed E-state index contributed by atoms with van der Waals surface area (Å²) < 4.78 is 13.9. The molecule has 0 saturated carbocycles. The zero-order valence-corrected chi connectivity index (χ0v) is 10.3. The van der Waals surface area contributed by atoms with E-state index in [1.807, 2.05) is 60.7 Å². The average Bonchev–Trinajstić information content (AvgIpc) is 2.83. The van der Waals surface area contributed by atoms with E-state index in [-0.39, 0.29) is 0 Å². The minimum Gasteiger partial charge on any atom is -0.207 e. The number of thiazole rings is 1. The van der Waals surface area contributed by atoms with Crippen LogP contribution in [0.2, 0.25) is 0 Å². The van der Waals surface area contributed by atoms with E-state index < -0.39 is 5.95 Å². The zero-order chi connectivity index (χ0) is 12.4. The van der Waals surface area contributed by atoms with Crippen molar-refractivity contribution in [1.82, 2.24) is 4.98 Å². The Morgan fingerprint density at radius 1 is 0.778 bits per heavy atom. The van der Waals surface area contributed by atoms with E-state index in [2.05, 4.69) is 4.98 Å².